The molecule has 0 spiro atoms. The van der Waals surface area contributed by atoms with Gasteiger partial charge in [0.05, 0.1) is 40.3 Å². The Morgan fingerprint density at radius 3 is 1.33 bits per heavy atom. The smallest absolute Gasteiger partial charge is 0.306 e. The molecule has 0 radical (unpaired) electrons. The van der Waals surface area contributed by atoms with Gasteiger partial charge in [0.2, 0.25) is 0 Å². The SMILES string of the molecule is CCCCCCCCCCCCCCCCCCCC(=O)OC(COC(=O)CCCCCCCC)COC(OCC[N+](C)(C)C)C(=O)[O-]. The molecule has 48 heavy (non-hydrogen) atoms. The Labute approximate surface area is 294 Å². The Bertz CT molecular complexity index is 770. The summed E-state index contributed by atoms with van der Waals surface area (Å²) in [5.41, 5.74) is 0. The first-order valence-corrected chi connectivity index (χ1v) is 19.7. The highest BCUT2D eigenvalue weighted by Gasteiger charge is 2.21. The molecule has 0 aromatic heterocycles. The van der Waals surface area contributed by atoms with E-state index in [0.29, 0.717) is 17.4 Å². The molecule has 0 aliphatic rings. The molecular formula is C39H75NO8. The van der Waals surface area contributed by atoms with Gasteiger partial charge in [-0.3, -0.25) is 9.59 Å². The van der Waals surface area contributed by atoms with Crippen LogP contribution in [0.1, 0.15) is 174 Å². The fourth-order valence-corrected chi connectivity index (χ4v) is 5.48. The first kappa shape index (κ1) is 46.3. The molecular weight excluding hydrogens is 610 g/mol. The molecule has 284 valence electrons. The highest BCUT2D eigenvalue weighted by atomic mass is 16.7. The normalized spacial score (nSPS) is 12.9. The van der Waals surface area contributed by atoms with Crippen molar-refractivity contribution < 1.29 is 42.9 Å². The van der Waals surface area contributed by atoms with E-state index in [1.54, 1.807) is 0 Å². The third-order valence-corrected chi connectivity index (χ3v) is 8.60. The van der Waals surface area contributed by atoms with Gasteiger partial charge in [-0.1, -0.05) is 149 Å². The number of quaternary nitrogens is 1. The summed E-state index contributed by atoms with van der Waals surface area (Å²) in [6, 6.07) is 0. The topological polar surface area (TPSA) is 111 Å². The molecule has 0 bridgehead atoms. The largest absolute Gasteiger partial charge is 0.545 e. The monoisotopic (exact) mass is 686 g/mol. The molecule has 0 aliphatic carbocycles. The first-order valence-electron chi connectivity index (χ1n) is 19.7. The van der Waals surface area contributed by atoms with Gasteiger partial charge in [0.1, 0.15) is 13.2 Å². The average Bonchev–Trinajstić information content (AvgIpc) is 3.03. The predicted molar refractivity (Wildman–Crippen MR) is 191 cm³/mol. The molecule has 0 fully saturated rings. The average molecular weight is 686 g/mol. The molecule has 2 atom stereocenters. The number of rotatable bonds is 36. The Morgan fingerprint density at radius 2 is 0.938 bits per heavy atom. The fourth-order valence-electron chi connectivity index (χ4n) is 5.48. The summed E-state index contributed by atoms with van der Waals surface area (Å²) >= 11 is 0. The number of hydrogen-bond acceptors (Lipinski definition) is 8. The summed E-state index contributed by atoms with van der Waals surface area (Å²) in [5, 5.41) is 11.6. The number of carbonyl (C=O) groups excluding carboxylic acids is 3. The van der Waals surface area contributed by atoms with Gasteiger partial charge in [-0.05, 0) is 12.8 Å². The lowest BCUT2D eigenvalue weighted by atomic mass is 10.0. The summed E-state index contributed by atoms with van der Waals surface area (Å²) in [7, 11) is 5.90. The second-order valence-electron chi connectivity index (χ2n) is 14.6. The molecule has 2 unspecified atom stereocenters. The van der Waals surface area contributed by atoms with Crippen LogP contribution in [-0.4, -0.2) is 82.3 Å². The second-order valence-corrected chi connectivity index (χ2v) is 14.6. The van der Waals surface area contributed by atoms with Crippen LogP contribution in [0.3, 0.4) is 0 Å². The molecule has 9 heteroatoms. The number of hydrogen-bond donors (Lipinski definition) is 0. The van der Waals surface area contributed by atoms with Crippen molar-refractivity contribution in [3.05, 3.63) is 0 Å². The molecule has 0 aliphatic heterocycles. The Balaban J connectivity index is 4.35. The number of unbranched alkanes of at least 4 members (excludes halogenated alkanes) is 21. The van der Waals surface area contributed by atoms with E-state index in [0.717, 1.165) is 44.9 Å². The molecule has 0 rings (SSSR count). The molecule has 0 amide bonds. The minimum absolute atomic E-state index is 0.152. The Kier molecular flexibility index (Phi) is 31.3. The van der Waals surface area contributed by atoms with Gasteiger partial charge in [-0.15, -0.1) is 0 Å². The molecule has 0 aromatic rings. The maximum Gasteiger partial charge on any atom is 0.306 e. The van der Waals surface area contributed by atoms with E-state index < -0.39 is 24.3 Å². The van der Waals surface area contributed by atoms with Gasteiger partial charge < -0.3 is 33.3 Å². The number of likely N-dealkylation sites (N-methyl/N-ethyl adjacent to an activating group) is 1. The quantitative estimate of drug-likeness (QED) is 0.0282. The molecule has 0 N–H and O–H groups in total. The van der Waals surface area contributed by atoms with Crippen molar-refractivity contribution in [2.45, 2.75) is 187 Å². The van der Waals surface area contributed by atoms with E-state index in [1.165, 1.54) is 103 Å². The lowest BCUT2D eigenvalue weighted by Crippen LogP contribution is -2.44. The van der Waals surface area contributed by atoms with E-state index >= 15 is 0 Å². The highest BCUT2D eigenvalue weighted by Crippen LogP contribution is 2.15. The van der Waals surface area contributed by atoms with Crippen LogP contribution in [0.2, 0.25) is 0 Å². The highest BCUT2D eigenvalue weighted by molar-refractivity contribution is 5.70. The van der Waals surface area contributed by atoms with Crippen molar-refractivity contribution in [1.29, 1.82) is 0 Å². The number of nitrogens with zero attached hydrogens (tertiary/aromatic N) is 1. The predicted octanol–water partition coefficient (Wildman–Crippen LogP) is 8.05. The Morgan fingerprint density at radius 1 is 0.542 bits per heavy atom. The zero-order valence-corrected chi connectivity index (χ0v) is 31.9. The third kappa shape index (κ3) is 32.8. The maximum absolute atomic E-state index is 12.6. The van der Waals surface area contributed by atoms with Gasteiger partial charge in [0.15, 0.2) is 12.4 Å². The van der Waals surface area contributed by atoms with Crippen molar-refractivity contribution in [1.82, 2.24) is 0 Å². The summed E-state index contributed by atoms with van der Waals surface area (Å²) in [6.45, 7) is 4.68. The van der Waals surface area contributed by atoms with Crippen LogP contribution < -0.4 is 5.11 Å². The minimum atomic E-state index is -1.61. The van der Waals surface area contributed by atoms with Crippen molar-refractivity contribution in [3.63, 3.8) is 0 Å². The molecule has 0 heterocycles. The lowest BCUT2D eigenvalue weighted by Gasteiger charge is -2.26. The maximum atomic E-state index is 12.6. The van der Waals surface area contributed by atoms with Gasteiger partial charge in [0, 0.05) is 12.8 Å². The zero-order chi connectivity index (χ0) is 35.7. The van der Waals surface area contributed by atoms with Gasteiger partial charge in [-0.2, -0.15) is 0 Å². The lowest BCUT2D eigenvalue weighted by molar-refractivity contribution is -0.870. The van der Waals surface area contributed by atoms with Crippen molar-refractivity contribution in [2.75, 3.05) is 47.5 Å². The molecule has 9 nitrogen and oxygen atoms in total. The van der Waals surface area contributed by atoms with E-state index in [9.17, 15) is 19.5 Å². The number of carbonyl (C=O) groups is 3. The van der Waals surface area contributed by atoms with Crippen LogP contribution in [-0.2, 0) is 33.3 Å². The number of carboxylic acids is 1. The van der Waals surface area contributed by atoms with Gasteiger partial charge >= 0.3 is 11.9 Å². The van der Waals surface area contributed by atoms with Crippen LogP contribution in [0.15, 0.2) is 0 Å². The number of esters is 2. The van der Waals surface area contributed by atoms with E-state index in [2.05, 4.69) is 13.8 Å². The van der Waals surface area contributed by atoms with Crippen molar-refractivity contribution >= 4 is 17.9 Å². The minimum Gasteiger partial charge on any atom is -0.545 e. The van der Waals surface area contributed by atoms with Crippen LogP contribution >= 0.6 is 0 Å². The summed E-state index contributed by atoms with van der Waals surface area (Å²) in [6.07, 6.45) is 25.9. The van der Waals surface area contributed by atoms with E-state index in [-0.39, 0.29) is 32.2 Å². The standard InChI is InChI=1S/C39H75NO8/c1-6-8-10-12-14-15-16-17-18-19-20-21-22-23-24-26-28-30-37(42)48-35(33-46-36(41)29-27-25-13-11-9-7-2)34-47-39(38(43)44)45-32-31-40(3,4)5/h35,39H,6-34H2,1-5H3. The van der Waals surface area contributed by atoms with Crippen LogP contribution in [0, 0.1) is 0 Å². The summed E-state index contributed by atoms with van der Waals surface area (Å²) in [4.78, 5) is 36.5. The van der Waals surface area contributed by atoms with Crippen LogP contribution in [0.5, 0.6) is 0 Å². The van der Waals surface area contributed by atoms with Gasteiger partial charge in [-0.25, -0.2) is 0 Å². The van der Waals surface area contributed by atoms with Crippen LogP contribution in [0.4, 0.5) is 0 Å². The van der Waals surface area contributed by atoms with E-state index in [4.69, 9.17) is 18.9 Å². The zero-order valence-electron chi connectivity index (χ0n) is 31.9. The van der Waals surface area contributed by atoms with Crippen LogP contribution in [0.25, 0.3) is 0 Å². The summed E-state index contributed by atoms with van der Waals surface area (Å²) < 4.78 is 22.4. The van der Waals surface area contributed by atoms with Crippen molar-refractivity contribution in [3.8, 4) is 0 Å². The number of carboxylic acid groups (broad SMARTS) is 1. The molecule has 0 saturated carbocycles. The first-order chi connectivity index (χ1) is 23.1. The third-order valence-electron chi connectivity index (χ3n) is 8.60. The number of ether oxygens (including phenoxy) is 4. The van der Waals surface area contributed by atoms with E-state index in [1.807, 2.05) is 21.1 Å². The molecule has 0 saturated heterocycles. The Hall–Kier alpha value is -1.71. The van der Waals surface area contributed by atoms with Crippen molar-refractivity contribution in [2.24, 2.45) is 0 Å². The van der Waals surface area contributed by atoms with Gasteiger partial charge in [0.25, 0.3) is 0 Å². The second kappa shape index (κ2) is 32.5. The number of aliphatic carboxylic acids is 1. The fraction of sp³-hybridized carbons (Fsp3) is 0.923. The molecule has 0 aromatic carbocycles. The summed E-state index contributed by atoms with van der Waals surface area (Å²) in [5.74, 6) is -2.28.